The minimum atomic E-state index is -0.181. The molecule has 1 atom stereocenters. The molecule has 0 aromatic carbocycles. The van der Waals surface area contributed by atoms with E-state index in [1.807, 2.05) is 4.90 Å². The Bertz CT molecular complexity index is 490. The van der Waals surface area contributed by atoms with Crippen LogP contribution >= 0.6 is 0 Å². The minimum absolute atomic E-state index is 0.00972. The van der Waals surface area contributed by atoms with Crippen molar-refractivity contribution in [3.63, 3.8) is 0 Å². The molecule has 20 heavy (non-hydrogen) atoms. The predicted octanol–water partition coefficient (Wildman–Crippen LogP) is 1.23. The standard InChI is InChI=1S/C15H23N3O2/c1-11(2)16-8-12-4-3-7-18(10-12)15(20)13-5-6-14(19)17-9-13/h5-6,9,11-12,16H,3-4,7-8,10H2,1-2H3,(H,17,19). The first-order valence-corrected chi connectivity index (χ1v) is 7.27. The lowest BCUT2D eigenvalue weighted by Gasteiger charge is -2.33. The summed E-state index contributed by atoms with van der Waals surface area (Å²) in [7, 11) is 0. The quantitative estimate of drug-likeness (QED) is 0.870. The Hall–Kier alpha value is -1.62. The van der Waals surface area contributed by atoms with Crippen LogP contribution in [0.5, 0.6) is 0 Å². The maximum absolute atomic E-state index is 12.4. The van der Waals surface area contributed by atoms with Gasteiger partial charge in [0.25, 0.3) is 5.91 Å². The van der Waals surface area contributed by atoms with Crippen LogP contribution in [0.25, 0.3) is 0 Å². The minimum Gasteiger partial charge on any atom is -0.338 e. The average molecular weight is 277 g/mol. The predicted molar refractivity (Wildman–Crippen MR) is 78.8 cm³/mol. The molecule has 1 aromatic rings. The highest BCUT2D eigenvalue weighted by atomic mass is 16.2. The van der Waals surface area contributed by atoms with Gasteiger partial charge in [-0.1, -0.05) is 13.8 Å². The number of nitrogens with one attached hydrogen (secondary N) is 2. The van der Waals surface area contributed by atoms with Crippen LogP contribution in [0.15, 0.2) is 23.1 Å². The van der Waals surface area contributed by atoms with Gasteiger partial charge in [0.05, 0.1) is 5.56 Å². The molecule has 2 heterocycles. The van der Waals surface area contributed by atoms with Crippen LogP contribution < -0.4 is 10.9 Å². The fourth-order valence-electron chi connectivity index (χ4n) is 2.54. The van der Waals surface area contributed by atoms with Gasteiger partial charge in [-0.05, 0) is 31.4 Å². The number of rotatable bonds is 4. The number of carbonyl (C=O) groups excluding carboxylic acids is 1. The van der Waals surface area contributed by atoms with E-state index in [9.17, 15) is 9.59 Å². The molecule has 2 rings (SSSR count). The van der Waals surface area contributed by atoms with E-state index in [-0.39, 0.29) is 11.5 Å². The van der Waals surface area contributed by atoms with Crippen LogP contribution in [0.1, 0.15) is 37.0 Å². The Labute approximate surface area is 119 Å². The molecular weight excluding hydrogens is 254 g/mol. The SMILES string of the molecule is CC(C)NCC1CCCN(C(=O)c2ccc(=O)[nH]c2)C1. The summed E-state index contributed by atoms with van der Waals surface area (Å²) in [5.74, 6) is 0.522. The second-order valence-corrected chi connectivity index (χ2v) is 5.76. The fourth-order valence-corrected chi connectivity index (χ4v) is 2.54. The maximum atomic E-state index is 12.4. The molecule has 1 fully saturated rings. The van der Waals surface area contributed by atoms with E-state index < -0.39 is 0 Å². The molecule has 1 aliphatic heterocycles. The summed E-state index contributed by atoms with van der Waals surface area (Å²) in [5.41, 5.74) is 0.376. The van der Waals surface area contributed by atoms with E-state index in [1.54, 1.807) is 6.07 Å². The van der Waals surface area contributed by atoms with E-state index in [2.05, 4.69) is 24.1 Å². The lowest BCUT2D eigenvalue weighted by atomic mass is 9.97. The zero-order valence-corrected chi connectivity index (χ0v) is 12.2. The second kappa shape index (κ2) is 6.70. The van der Waals surface area contributed by atoms with Gasteiger partial charge in [-0.15, -0.1) is 0 Å². The number of carbonyl (C=O) groups is 1. The van der Waals surface area contributed by atoms with Crippen molar-refractivity contribution in [3.8, 4) is 0 Å². The largest absolute Gasteiger partial charge is 0.338 e. The van der Waals surface area contributed by atoms with Crippen LogP contribution in [0.2, 0.25) is 0 Å². The molecule has 1 unspecified atom stereocenters. The summed E-state index contributed by atoms with van der Waals surface area (Å²) in [6.45, 7) is 6.80. The number of aromatic nitrogens is 1. The van der Waals surface area contributed by atoms with Crippen LogP contribution in [-0.4, -0.2) is 41.5 Å². The Kier molecular flexibility index (Phi) is 4.95. The highest BCUT2D eigenvalue weighted by molar-refractivity contribution is 5.93. The molecular formula is C15H23N3O2. The normalized spacial score (nSPS) is 19.4. The van der Waals surface area contributed by atoms with Gasteiger partial charge < -0.3 is 15.2 Å². The molecule has 1 aromatic heterocycles. The van der Waals surface area contributed by atoms with Crippen molar-refractivity contribution in [2.24, 2.45) is 5.92 Å². The molecule has 110 valence electrons. The first-order valence-electron chi connectivity index (χ1n) is 7.27. The van der Waals surface area contributed by atoms with Gasteiger partial charge >= 0.3 is 0 Å². The third kappa shape index (κ3) is 3.93. The molecule has 1 amide bonds. The van der Waals surface area contributed by atoms with Crippen molar-refractivity contribution in [3.05, 3.63) is 34.2 Å². The van der Waals surface area contributed by atoms with Crippen LogP contribution in [-0.2, 0) is 0 Å². The van der Waals surface area contributed by atoms with Gasteiger partial charge in [0, 0.05) is 31.4 Å². The van der Waals surface area contributed by atoms with Crippen molar-refractivity contribution < 1.29 is 4.79 Å². The number of hydrogen-bond donors (Lipinski definition) is 2. The van der Waals surface area contributed by atoms with Crippen LogP contribution in [0, 0.1) is 5.92 Å². The van der Waals surface area contributed by atoms with Crippen molar-refractivity contribution in [2.75, 3.05) is 19.6 Å². The van der Waals surface area contributed by atoms with Gasteiger partial charge in [-0.3, -0.25) is 9.59 Å². The monoisotopic (exact) mass is 277 g/mol. The first kappa shape index (κ1) is 14.8. The average Bonchev–Trinajstić information content (AvgIpc) is 2.45. The second-order valence-electron chi connectivity index (χ2n) is 5.76. The number of pyridine rings is 1. The van der Waals surface area contributed by atoms with Gasteiger partial charge in [0.15, 0.2) is 0 Å². The van der Waals surface area contributed by atoms with E-state index in [0.717, 1.165) is 32.5 Å². The van der Waals surface area contributed by atoms with Gasteiger partial charge in [-0.25, -0.2) is 0 Å². The lowest BCUT2D eigenvalue weighted by molar-refractivity contribution is 0.0672. The Morgan fingerprint density at radius 3 is 2.95 bits per heavy atom. The van der Waals surface area contributed by atoms with Crippen molar-refractivity contribution in [1.29, 1.82) is 0 Å². The topological polar surface area (TPSA) is 65.2 Å². The fraction of sp³-hybridized carbons (Fsp3) is 0.600. The Morgan fingerprint density at radius 2 is 2.30 bits per heavy atom. The highest BCUT2D eigenvalue weighted by Crippen LogP contribution is 2.17. The summed E-state index contributed by atoms with van der Waals surface area (Å²) < 4.78 is 0. The summed E-state index contributed by atoms with van der Waals surface area (Å²) in [5, 5.41) is 3.44. The number of piperidine rings is 1. The van der Waals surface area contributed by atoms with Crippen LogP contribution in [0.4, 0.5) is 0 Å². The summed E-state index contributed by atoms with van der Waals surface area (Å²) in [6, 6.07) is 3.46. The summed E-state index contributed by atoms with van der Waals surface area (Å²) in [6.07, 6.45) is 3.70. The summed E-state index contributed by atoms with van der Waals surface area (Å²) >= 11 is 0. The highest BCUT2D eigenvalue weighted by Gasteiger charge is 2.24. The number of likely N-dealkylation sites (tertiary alicyclic amines) is 1. The van der Waals surface area contributed by atoms with Crippen molar-refractivity contribution in [2.45, 2.75) is 32.7 Å². The third-order valence-electron chi connectivity index (χ3n) is 3.65. The summed E-state index contributed by atoms with van der Waals surface area (Å²) in [4.78, 5) is 27.9. The zero-order chi connectivity index (χ0) is 14.5. The van der Waals surface area contributed by atoms with E-state index in [1.165, 1.54) is 12.3 Å². The van der Waals surface area contributed by atoms with E-state index in [4.69, 9.17) is 0 Å². The van der Waals surface area contributed by atoms with E-state index in [0.29, 0.717) is 17.5 Å². The van der Waals surface area contributed by atoms with E-state index >= 15 is 0 Å². The van der Waals surface area contributed by atoms with Crippen molar-refractivity contribution in [1.82, 2.24) is 15.2 Å². The Morgan fingerprint density at radius 1 is 1.50 bits per heavy atom. The van der Waals surface area contributed by atoms with Gasteiger partial charge in [0.2, 0.25) is 5.56 Å². The molecule has 0 aliphatic carbocycles. The molecule has 1 saturated heterocycles. The maximum Gasteiger partial charge on any atom is 0.255 e. The molecule has 1 aliphatic rings. The molecule has 2 N–H and O–H groups in total. The Balaban J connectivity index is 1.96. The number of nitrogens with zero attached hydrogens (tertiary/aromatic N) is 1. The van der Waals surface area contributed by atoms with Crippen molar-refractivity contribution >= 4 is 5.91 Å². The number of H-pyrrole nitrogens is 1. The van der Waals surface area contributed by atoms with Gasteiger partial charge in [-0.2, -0.15) is 0 Å². The number of hydrogen-bond acceptors (Lipinski definition) is 3. The molecule has 5 heteroatoms. The molecule has 0 saturated carbocycles. The number of amides is 1. The van der Waals surface area contributed by atoms with Gasteiger partial charge in [0.1, 0.15) is 0 Å². The number of aromatic amines is 1. The first-order chi connectivity index (χ1) is 9.56. The molecule has 0 bridgehead atoms. The third-order valence-corrected chi connectivity index (χ3v) is 3.65. The van der Waals surface area contributed by atoms with Crippen LogP contribution in [0.3, 0.4) is 0 Å². The lowest BCUT2D eigenvalue weighted by Crippen LogP contribution is -2.43. The smallest absolute Gasteiger partial charge is 0.255 e. The molecule has 0 spiro atoms. The molecule has 0 radical (unpaired) electrons. The zero-order valence-electron chi connectivity index (χ0n) is 12.2. The molecule has 5 nitrogen and oxygen atoms in total.